The van der Waals surface area contributed by atoms with E-state index in [1.807, 2.05) is 0 Å². The second-order valence-electron chi connectivity index (χ2n) is 2.59. The zero-order valence-electron chi connectivity index (χ0n) is 8.07. The molecular formula is C7H12O7S2. The van der Waals surface area contributed by atoms with Gasteiger partial charge >= 0.3 is 17.9 Å². The van der Waals surface area contributed by atoms with Crippen molar-refractivity contribution in [3.63, 3.8) is 0 Å². The van der Waals surface area contributed by atoms with Gasteiger partial charge < -0.3 is 24.8 Å². The number of rotatable bonds is 6. The molecule has 0 aromatic heterocycles. The Labute approximate surface area is 102 Å². The number of hydrogen-bond donors (Lipinski definition) is 5. The Morgan fingerprint density at radius 1 is 1.19 bits per heavy atom. The smallest absolute Gasteiger partial charge is 0.395 e. The highest BCUT2D eigenvalue weighted by Gasteiger charge is 2.44. The summed E-state index contributed by atoms with van der Waals surface area (Å²) in [5, 5.41) is 27.3. The third-order valence-electron chi connectivity index (χ3n) is 1.37. The quantitative estimate of drug-likeness (QED) is 0.214. The second kappa shape index (κ2) is 6.97. The number of thiol groups is 2. The Morgan fingerprint density at radius 2 is 1.56 bits per heavy atom. The fourth-order valence-corrected chi connectivity index (χ4v) is 0.792. The van der Waals surface area contributed by atoms with Gasteiger partial charge in [-0.05, 0) is 0 Å². The maximum absolute atomic E-state index is 10.9. The second-order valence-corrected chi connectivity index (χ2v) is 3.23. The minimum absolute atomic E-state index is 0.404. The van der Waals surface area contributed by atoms with Gasteiger partial charge in [-0.1, -0.05) is 0 Å². The molecule has 1 atom stereocenters. The Morgan fingerprint density at radius 3 is 1.81 bits per heavy atom. The lowest BCUT2D eigenvalue weighted by molar-refractivity contribution is -0.362. The Hall–Kier alpha value is -0.480. The van der Waals surface area contributed by atoms with Crippen molar-refractivity contribution in [3.05, 3.63) is 0 Å². The molecule has 0 saturated carbocycles. The van der Waals surface area contributed by atoms with Crippen molar-refractivity contribution < 1.29 is 34.4 Å². The molecule has 9 heteroatoms. The van der Waals surface area contributed by atoms with Gasteiger partial charge in [0.15, 0.2) is 6.10 Å². The third kappa shape index (κ3) is 4.58. The van der Waals surface area contributed by atoms with E-state index in [1.165, 1.54) is 0 Å². The largest absolute Gasteiger partial charge is 0.403 e. The molecule has 0 fully saturated rings. The van der Waals surface area contributed by atoms with Crippen LogP contribution in [-0.2, 0) is 19.1 Å². The molecular weight excluding hydrogens is 260 g/mol. The molecule has 0 bridgehead atoms. The van der Waals surface area contributed by atoms with E-state index in [9.17, 15) is 14.7 Å². The van der Waals surface area contributed by atoms with Crippen LogP contribution in [0.15, 0.2) is 0 Å². The van der Waals surface area contributed by atoms with Crippen molar-refractivity contribution in [1.82, 2.24) is 0 Å². The normalized spacial score (nSPS) is 13.1. The monoisotopic (exact) mass is 272 g/mol. The van der Waals surface area contributed by atoms with Crippen molar-refractivity contribution in [3.8, 4) is 0 Å². The van der Waals surface area contributed by atoms with Crippen molar-refractivity contribution in [2.24, 2.45) is 0 Å². The van der Waals surface area contributed by atoms with E-state index in [1.54, 1.807) is 0 Å². The van der Waals surface area contributed by atoms with Crippen LogP contribution in [0.3, 0.4) is 0 Å². The molecule has 0 aliphatic carbocycles. The highest BCUT2D eigenvalue weighted by atomic mass is 32.1. The zero-order chi connectivity index (χ0) is 12.8. The summed E-state index contributed by atoms with van der Waals surface area (Å²) in [5.41, 5.74) is 0. The van der Waals surface area contributed by atoms with E-state index in [-0.39, 0.29) is 0 Å². The molecule has 0 aromatic carbocycles. The summed E-state index contributed by atoms with van der Waals surface area (Å²) in [4.78, 5) is 21.7. The van der Waals surface area contributed by atoms with E-state index < -0.39 is 42.1 Å². The lowest BCUT2D eigenvalue weighted by Gasteiger charge is -2.29. The van der Waals surface area contributed by atoms with E-state index in [2.05, 4.69) is 34.7 Å². The zero-order valence-corrected chi connectivity index (χ0v) is 9.86. The molecule has 0 aliphatic heterocycles. The van der Waals surface area contributed by atoms with Gasteiger partial charge in [0.1, 0.15) is 0 Å². The first-order valence-electron chi connectivity index (χ1n) is 4.06. The van der Waals surface area contributed by atoms with Crippen LogP contribution >= 0.6 is 25.3 Å². The first kappa shape index (κ1) is 15.5. The van der Waals surface area contributed by atoms with E-state index in [0.29, 0.717) is 0 Å². The van der Waals surface area contributed by atoms with Gasteiger partial charge in [0.25, 0.3) is 0 Å². The average Bonchev–Trinajstić information content (AvgIpc) is 2.27. The first-order chi connectivity index (χ1) is 7.39. The topological polar surface area (TPSA) is 113 Å². The lowest BCUT2D eigenvalue weighted by atomic mass is 10.3. The van der Waals surface area contributed by atoms with Crippen molar-refractivity contribution in [2.45, 2.75) is 12.1 Å². The fraction of sp³-hybridized carbons (Fsp3) is 0.714. The van der Waals surface area contributed by atoms with Gasteiger partial charge in [-0.3, -0.25) is 9.59 Å². The minimum Gasteiger partial charge on any atom is -0.395 e. The molecule has 3 N–H and O–H groups in total. The fourth-order valence-electron chi connectivity index (χ4n) is 0.663. The summed E-state index contributed by atoms with van der Waals surface area (Å²) in [7, 11) is 0. The SMILES string of the molecule is O=C(CS)OC(O)(OC(=O)CS)C(O)CO. The standard InChI is InChI=1S/C7H12O7S2/c8-1-4(9)7(12,13-5(10)2-15)14-6(11)3-16/h4,8-9,12,15-16H,1-3H2. The number of carbonyl (C=O) groups excluding carboxylic acids is 2. The van der Waals surface area contributed by atoms with Gasteiger partial charge in [0, 0.05) is 0 Å². The third-order valence-corrected chi connectivity index (χ3v) is 1.89. The van der Waals surface area contributed by atoms with Gasteiger partial charge in [0.2, 0.25) is 0 Å². The van der Waals surface area contributed by atoms with Crippen molar-refractivity contribution >= 4 is 37.2 Å². The summed E-state index contributed by atoms with van der Waals surface area (Å²) in [6, 6.07) is 0. The van der Waals surface area contributed by atoms with Crippen LogP contribution in [0.1, 0.15) is 0 Å². The highest BCUT2D eigenvalue weighted by Crippen LogP contribution is 2.16. The number of hydrogen-bond acceptors (Lipinski definition) is 9. The van der Waals surface area contributed by atoms with Crippen LogP contribution in [0.2, 0.25) is 0 Å². The number of esters is 2. The molecule has 0 aromatic rings. The Bertz CT molecular complexity index is 239. The molecule has 0 saturated heterocycles. The van der Waals surface area contributed by atoms with Gasteiger partial charge in [0.05, 0.1) is 18.1 Å². The summed E-state index contributed by atoms with van der Waals surface area (Å²) < 4.78 is 8.53. The maximum atomic E-state index is 10.9. The molecule has 7 nitrogen and oxygen atoms in total. The van der Waals surface area contributed by atoms with E-state index in [0.717, 1.165) is 0 Å². The van der Waals surface area contributed by atoms with Crippen LogP contribution in [0.4, 0.5) is 0 Å². The molecule has 1 unspecified atom stereocenters. The molecule has 0 heterocycles. The molecule has 16 heavy (non-hydrogen) atoms. The number of carbonyl (C=O) groups is 2. The Kier molecular flexibility index (Phi) is 6.76. The summed E-state index contributed by atoms with van der Waals surface area (Å²) >= 11 is 7.11. The number of aliphatic hydroxyl groups excluding tert-OH is 2. The first-order valence-corrected chi connectivity index (χ1v) is 5.32. The molecule has 0 amide bonds. The molecule has 0 radical (unpaired) electrons. The average molecular weight is 272 g/mol. The van der Waals surface area contributed by atoms with Gasteiger partial charge in [-0.15, -0.1) is 0 Å². The van der Waals surface area contributed by atoms with Crippen LogP contribution in [-0.4, -0.2) is 57.4 Å². The predicted octanol–water partition coefficient (Wildman–Crippen LogP) is -2.07. The van der Waals surface area contributed by atoms with Crippen LogP contribution in [0.5, 0.6) is 0 Å². The van der Waals surface area contributed by atoms with Crippen LogP contribution < -0.4 is 0 Å². The molecule has 0 aliphatic rings. The summed E-state index contributed by atoms with van der Waals surface area (Å²) in [6.07, 6.45) is -1.99. The number of aliphatic hydroxyl groups is 3. The van der Waals surface area contributed by atoms with Gasteiger partial charge in [-0.2, -0.15) is 25.3 Å². The van der Waals surface area contributed by atoms with E-state index >= 15 is 0 Å². The maximum Gasteiger partial charge on any atom is 0.403 e. The summed E-state index contributed by atoms with van der Waals surface area (Å²) in [5.74, 6) is -5.82. The number of ether oxygens (including phenoxy) is 2. The van der Waals surface area contributed by atoms with E-state index in [4.69, 9.17) is 10.2 Å². The minimum atomic E-state index is -2.94. The molecule has 0 spiro atoms. The van der Waals surface area contributed by atoms with Gasteiger partial charge in [-0.25, -0.2) is 0 Å². The van der Waals surface area contributed by atoms with Crippen LogP contribution in [0.25, 0.3) is 0 Å². The summed E-state index contributed by atoms with van der Waals surface area (Å²) in [6.45, 7) is -0.976. The molecule has 94 valence electrons. The predicted molar refractivity (Wildman–Crippen MR) is 57.9 cm³/mol. The molecule has 0 rings (SSSR count). The lowest BCUT2D eigenvalue weighted by Crippen LogP contribution is -2.52. The highest BCUT2D eigenvalue weighted by molar-refractivity contribution is 7.81. The van der Waals surface area contributed by atoms with Crippen molar-refractivity contribution in [2.75, 3.05) is 18.1 Å². The van der Waals surface area contributed by atoms with Crippen LogP contribution in [0, 0.1) is 0 Å². The van der Waals surface area contributed by atoms with Crippen molar-refractivity contribution in [1.29, 1.82) is 0 Å². The Balaban J connectivity index is 4.73.